The molecule has 0 aromatic heterocycles. The Bertz CT molecular complexity index is 583. The standard InChI is InChI=1S/C12H13F3O4S/c1-20(16,17)19-11-7-6-10(11)18-9-5-3-2-4-8(9)12(13,14)15/h2-5,10-11H,6-7H2,1H3. The number of para-hydroxylation sites is 1. The van der Waals surface area contributed by atoms with E-state index in [4.69, 9.17) is 8.92 Å². The van der Waals surface area contributed by atoms with Crippen LogP contribution >= 0.6 is 0 Å². The lowest BCUT2D eigenvalue weighted by atomic mass is 9.92. The molecule has 0 spiro atoms. The van der Waals surface area contributed by atoms with Gasteiger partial charge in [0.15, 0.2) is 0 Å². The Morgan fingerprint density at radius 2 is 1.75 bits per heavy atom. The molecule has 0 N–H and O–H groups in total. The molecule has 0 bridgehead atoms. The predicted molar refractivity (Wildman–Crippen MR) is 64.8 cm³/mol. The van der Waals surface area contributed by atoms with Crippen molar-refractivity contribution in [3.8, 4) is 5.75 Å². The number of benzene rings is 1. The summed E-state index contributed by atoms with van der Waals surface area (Å²) in [7, 11) is -3.65. The van der Waals surface area contributed by atoms with Gasteiger partial charge in [-0.3, -0.25) is 4.18 Å². The van der Waals surface area contributed by atoms with Gasteiger partial charge in [-0.2, -0.15) is 21.6 Å². The molecule has 1 aromatic carbocycles. The lowest BCUT2D eigenvalue weighted by Gasteiger charge is -2.35. The Kier molecular flexibility index (Phi) is 3.97. The number of hydrogen-bond acceptors (Lipinski definition) is 4. The second-order valence-electron chi connectivity index (χ2n) is 4.57. The van der Waals surface area contributed by atoms with Gasteiger partial charge in [-0.15, -0.1) is 0 Å². The molecule has 8 heteroatoms. The highest BCUT2D eigenvalue weighted by Gasteiger charge is 2.39. The largest absolute Gasteiger partial charge is 0.487 e. The SMILES string of the molecule is CS(=O)(=O)OC1CCC1Oc1ccccc1C(F)(F)F. The van der Waals surface area contributed by atoms with Crippen LogP contribution in [0.1, 0.15) is 18.4 Å². The fraction of sp³-hybridized carbons (Fsp3) is 0.500. The molecule has 1 fully saturated rings. The Balaban J connectivity index is 2.12. The van der Waals surface area contributed by atoms with Crippen molar-refractivity contribution in [2.24, 2.45) is 0 Å². The van der Waals surface area contributed by atoms with E-state index in [0.29, 0.717) is 12.8 Å². The maximum absolute atomic E-state index is 12.8. The topological polar surface area (TPSA) is 52.6 Å². The average molecular weight is 310 g/mol. The van der Waals surface area contributed by atoms with Crippen LogP contribution in [-0.2, 0) is 20.5 Å². The van der Waals surface area contributed by atoms with E-state index in [1.165, 1.54) is 18.2 Å². The highest BCUT2D eigenvalue weighted by atomic mass is 32.2. The Morgan fingerprint density at radius 3 is 2.25 bits per heavy atom. The molecule has 2 rings (SSSR count). The monoisotopic (exact) mass is 310 g/mol. The minimum Gasteiger partial charge on any atom is -0.487 e. The highest BCUT2D eigenvalue weighted by Crippen LogP contribution is 2.38. The predicted octanol–water partition coefficient (Wildman–Crippen LogP) is 2.59. The van der Waals surface area contributed by atoms with Gasteiger partial charge in [0.25, 0.3) is 10.1 Å². The second kappa shape index (κ2) is 5.25. The molecule has 2 unspecified atom stereocenters. The summed E-state index contributed by atoms with van der Waals surface area (Å²) in [6, 6.07) is 4.82. The first kappa shape index (κ1) is 15.1. The summed E-state index contributed by atoms with van der Waals surface area (Å²) < 4.78 is 70.4. The molecule has 0 saturated heterocycles. The first-order valence-electron chi connectivity index (χ1n) is 5.88. The summed E-state index contributed by atoms with van der Waals surface area (Å²) in [4.78, 5) is 0. The normalized spacial score (nSPS) is 23.2. The van der Waals surface area contributed by atoms with Crippen molar-refractivity contribution in [3.05, 3.63) is 29.8 Å². The molecule has 20 heavy (non-hydrogen) atoms. The van der Waals surface area contributed by atoms with Crippen molar-refractivity contribution in [1.82, 2.24) is 0 Å². The molecule has 0 amide bonds. The minimum atomic E-state index is -4.52. The molecule has 1 saturated carbocycles. The van der Waals surface area contributed by atoms with Crippen LogP contribution in [0.2, 0.25) is 0 Å². The van der Waals surface area contributed by atoms with Crippen LogP contribution in [0, 0.1) is 0 Å². The summed E-state index contributed by atoms with van der Waals surface area (Å²) in [5.74, 6) is -0.313. The third-order valence-electron chi connectivity index (χ3n) is 2.92. The molecule has 1 aromatic rings. The maximum atomic E-state index is 12.8. The van der Waals surface area contributed by atoms with E-state index in [1.807, 2.05) is 0 Å². The van der Waals surface area contributed by atoms with Gasteiger partial charge in [-0.25, -0.2) is 0 Å². The smallest absolute Gasteiger partial charge is 0.419 e. The Hall–Kier alpha value is -1.28. The van der Waals surface area contributed by atoms with Crippen LogP contribution in [0.25, 0.3) is 0 Å². The van der Waals surface area contributed by atoms with Crippen LogP contribution in [0.3, 0.4) is 0 Å². The molecule has 112 valence electrons. The van der Waals surface area contributed by atoms with Crippen molar-refractivity contribution in [2.45, 2.75) is 31.2 Å². The summed E-state index contributed by atoms with van der Waals surface area (Å²) in [5, 5.41) is 0. The summed E-state index contributed by atoms with van der Waals surface area (Å²) in [5.41, 5.74) is -0.884. The van der Waals surface area contributed by atoms with Gasteiger partial charge in [-0.1, -0.05) is 12.1 Å². The van der Waals surface area contributed by atoms with E-state index < -0.39 is 34.1 Å². The zero-order chi connectivity index (χ0) is 15.0. The van der Waals surface area contributed by atoms with Crippen LogP contribution in [0.4, 0.5) is 13.2 Å². The molecular weight excluding hydrogens is 297 g/mol. The van der Waals surface area contributed by atoms with Crippen molar-refractivity contribution >= 4 is 10.1 Å². The van der Waals surface area contributed by atoms with E-state index in [-0.39, 0.29) is 5.75 Å². The van der Waals surface area contributed by atoms with Gasteiger partial charge in [-0.05, 0) is 25.0 Å². The van der Waals surface area contributed by atoms with E-state index in [1.54, 1.807) is 0 Å². The van der Waals surface area contributed by atoms with Gasteiger partial charge in [0.2, 0.25) is 0 Å². The molecule has 0 aliphatic heterocycles. The first-order valence-corrected chi connectivity index (χ1v) is 7.69. The Morgan fingerprint density at radius 1 is 1.15 bits per heavy atom. The third-order valence-corrected chi connectivity index (χ3v) is 3.52. The molecule has 1 aliphatic carbocycles. The van der Waals surface area contributed by atoms with E-state index in [9.17, 15) is 21.6 Å². The number of hydrogen-bond donors (Lipinski definition) is 0. The van der Waals surface area contributed by atoms with Gasteiger partial charge in [0, 0.05) is 0 Å². The van der Waals surface area contributed by atoms with Crippen LogP contribution < -0.4 is 4.74 Å². The molecule has 1 aliphatic rings. The van der Waals surface area contributed by atoms with Crippen LogP contribution in [-0.4, -0.2) is 26.9 Å². The molecular formula is C12H13F3O4S. The molecule has 0 heterocycles. The van der Waals surface area contributed by atoms with Crippen molar-refractivity contribution in [2.75, 3.05) is 6.26 Å². The fourth-order valence-electron chi connectivity index (χ4n) is 1.87. The fourth-order valence-corrected chi connectivity index (χ4v) is 2.54. The average Bonchev–Trinajstić information content (AvgIpc) is 2.30. The summed E-state index contributed by atoms with van der Waals surface area (Å²) >= 11 is 0. The molecule has 4 nitrogen and oxygen atoms in total. The summed E-state index contributed by atoms with van der Waals surface area (Å²) in [6.07, 6.45) is -4.16. The van der Waals surface area contributed by atoms with Crippen LogP contribution in [0.5, 0.6) is 5.75 Å². The quantitative estimate of drug-likeness (QED) is 0.802. The van der Waals surface area contributed by atoms with Crippen molar-refractivity contribution in [1.29, 1.82) is 0 Å². The summed E-state index contributed by atoms with van der Waals surface area (Å²) in [6.45, 7) is 0. The number of alkyl halides is 3. The Labute approximate surface area is 114 Å². The van der Waals surface area contributed by atoms with Gasteiger partial charge >= 0.3 is 6.18 Å². The zero-order valence-corrected chi connectivity index (χ0v) is 11.4. The second-order valence-corrected chi connectivity index (χ2v) is 6.17. The lowest BCUT2D eigenvalue weighted by Crippen LogP contribution is -2.44. The van der Waals surface area contributed by atoms with E-state index in [0.717, 1.165) is 12.3 Å². The number of ether oxygens (including phenoxy) is 1. The van der Waals surface area contributed by atoms with E-state index in [2.05, 4.69) is 0 Å². The maximum Gasteiger partial charge on any atom is 0.419 e. The molecule has 2 atom stereocenters. The minimum absolute atomic E-state index is 0.313. The highest BCUT2D eigenvalue weighted by molar-refractivity contribution is 7.86. The van der Waals surface area contributed by atoms with Crippen molar-refractivity contribution in [3.63, 3.8) is 0 Å². The number of rotatable bonds is 4. The zero-order valence-electron chi connectivity index (χ0n) is 10.6. The lowest BCUT2D eigenvalue weighted by molar-refractivity contribution is -0.140. The van der Waals surface area contributed by atoms with Gasteiger partial charge in [0.1, 0.15) is 18.0 Å². The van der Waals surface area contributed by atoms with Gasteiger partial charge < -0.3 is 4.74 Å². The van der Waals surface area contributed by atoms with Crippen LogP contribution in [0.15, 0.2) is 24.3 Å². The van der Waals surface area contributed by atoms with Gasteiger partial charge in [0.05, 0.1) is 11.8 Å². The number of halogens is 3. The van der Waals surface area contributed by atoms with E-state index >= 15 is 0 Å². The third kappa shape index (κ3) is 3.63. The van der Waals surface area contributed by atoms with Crippen molar-refractivity contribution < 1.29 is 30.5 Å². The first-order chi connectivity index (χ1) is 9.17. The molecule has 0 radical (unpaired) electrons.